The lowest BCUT2D eigenvalue weighted by atomic mass is 9.85. The molecular formula is C12H24N2O. The number of hydrogen-bond donors (Lipinski definition) is 2. The van der Waals surface area contributed by atoms with Gasteiger partial charge in [0.25, 0.3) is 0 Å². The first-order valence-corrected chi connectivity index (χ1v) is 5.94. The van der Waals surface area contributed by atoms with E-state index in [1.165, 1.54) is 19.3 Å². The molecule has 0 aliphatic heterocycles. The van der Waals surface area contributed by atoms with E-state index >= 15 is 0 Å². The highest BCUT2D eigenvalue weighted by atomic mass is 16.2. The monoisotopic (exact) mass is 212 g/mol. The molecule has 0 aromatic carbocycles. The van der Waals surface area contributed by atoms with Crippen LogP contribution in [0.4, 0.5) is 0 Å². The van der Waals surface area contributed by atoms with Crippen LogP contribution in [0.5, 0.6) is 0 Å². The minimum absolute atomic E-state index is 0.0789. The molecule has 0 aromatic heterocycles. The Bertz CT molecular complexity index is 216. The van der Waals surface area contributed by atoms with Crippen molar-refractivity contribution in [1.82, 2.24) is 10.6 Å². The fourth-order valence-corrected chi connectivity index (χ4v) is 1.61. The molecule has 1 fully saturated rings. The molecule has 88 valence electrons. The summed E-state index contributed by atoms with van der Waals surface area (Å²) in [4.78, 5) is 11.7. The average molecular weight is 212 g/mol. The summed E-state index contributed by atoms with van der Waals surface area (Å²) in [7, 11) is 0. The molecule has 0 heterocycles. The second-order valence-electron chi connectivity index (χ2n) is 5.67. The zero-order valence-electron chi connectivity index (χ0n) is 10.4. The number of hydrogen-bond acceptors (Lipinski definition) is 2. The molecule has 0 bridgehead atoms. The van der Waals surface area contributed by atoms with Gasteiger partial charge in [-0.1, -0.05) is 6.42 Å². The zero-order valence-corrected chi connectivity index (χ0v) is 10.4. The van der Waals surface area contributed by atoms with Gasteiger partial charge in [0.15, 0.2) is 0 Å². The molecule has 3 nitrogen and oxygen atoms in total. The van der Waals surface area contributed by atoms with Gasteiger partial charge in [0.1, 0.15) is 0 Å². The lowest BCUT2D eigenvalue weighted by molar-refractivity contribution is -0.124. The first kappa shape index (κ1) is 12.5. The molecule has 0 spiro atoms. The minimum atomic E-state index is -0.135. The van der Waals surface area contributed by atoms with Crippen LogP contribution in [0.25, 0.3) is 0 Å². The van der Waals surface area contributed by atoms with Crippen LogP contribution in [-0.2, 0) is 4.79 Å². The second-order valence-corrected chi connectivity index (χ2v) is 5.67. The van der Waals surface area contributed by atoms with Crippen LogP contribution < -0.4 is 10.6 Å². The van der Waals surface area contributed by atoms with Gasteiger partial charge >= 0.3 is 0 Å². The third-order valence-corrected chi connectivity index (χ3v) is 2.83. The van der Waals surface area contributed by atoms with Crippen molar-refractivity contribution in [3.8, 4) is 0 Å². The summed E-state index contributed by atoms with van der Waals surface area (Å²) in [6, 6.07) is -0.0789. The Balaban J connectivity index is 2.20. The lowest BCUT2D eigenvalue weighted by Gasteiger charge is -2.28. The van der Waals surface area contributed by atoms with Gasteiger partial charge in [-0.3, -0.25) is 4.79 Å². The molecule has 1 unspecified atom stereocenters. The second kappa shape index (κ2) is 4.97. The summed E-state index contributed by atoms with van der Waals surface area (Å²) in [5, 5.41) is 6.27. The summed E-state index contributed by atoms with van der Waals surface area (Å²) in [6.07, 6.45) is 4.00. The fourth-order valence-electron chi connectivity index (χ4n) is 1.61. The standard InChI is InChI=1S/C12H24N2O/c1-9(11(15)14-12(2,3)4)13-8-10-6-5-7-10/h9-10,13H,5-8H2,1-4H3,(H,14,15). The Morgan fingerprint density at radius 1 is 1.40 bits per heavy atom. The number of carbonyl (C=O) groups is 1. The molecular weight excluding hydrogens is 188 g/mol. The maximum Gasteiger partial charge on any atom is 0.237 e. The van der Waals surface area contributed by atoms with Crippen molar-refractivity contribution in [3.63, 3.8) is 0 Å². The highest BCUT2D eigenvalue weighted by Crippen LogP contribution is 2.25. The maximum atomic E-state index is 11.7. The first-order valence-electron chi connectivity index (χ1n) is 5.94. The van der Waals surface area contributed by atoms with E-state index < -0.39 is 0 Å². The molecule has 0 saturated heterocycles. The summed E-state index contributed by atoms with van der Waals surface area (Å²) in [6.45, 7) is 8.93. The van der Waals surface area contributed by atoms with E-state index in [0.29, 0.717) is 0 Å². The van der Waals surface area contributed by atoms with Crippen LogP contribution in [0.2, 0.25) is 0 Å². The van der Waals surface area contributed by atoms with Crippen LogP contribution in [0.1, 0.15) is 47.0 Å². The predicted molar refractivity (Wildman–Crippen MR) is 62.7 cm³/mol. The molecule has 3 heteroatoms. The van der Waals surface area contributed by atoms with Gasteiger partial charge < -0.3 is 10.6 Å². The topological polar surface area (TPSA) is 41.1 Å². The van der Waals surface area contributed by atoms with E-state index in [0.717, 1.165) is 12.5 Å². The van der Waals surface area contributed by atoms with Crippen molar-refractivity contribution in [2.24, 2.45) is 5.92 Å². The van der Waals surface area contributed by atoms with Crippen molar-refractivity contribution >= 4 is 5.91 Å². The number of carbonyl (C=O) groups excluding carboxylic acids is 1. The third kappa shape index (κ3) is 4.65. The van der Waals surface area contributed by atoms with E-state index in [1.54, 1.807) is 0 Å². The third-order valence-electron chi connectivity index (χ3n) is 2.83. The molecule has 1 rings (SSSR count). The Hall–Kier alpha value is -0.570. The molecule has 1 amide bonds. The number of rotatable bonds is 4. The summed E-state index contributed by atoms with van der Waals surface area (Å²) >= 11 is 0. The predicted octanol–water partition coefficient (Wildman–Crippen LogP) is 1.68. The Morgan fingerprint density at radius 2 is 2.00 bits per heavy atom. The molecule has 1 saturated carbocycles. The normalized spacial score (nSPS) is 19.5. The summed E-state index contributed by atoms with van der Waals surface area (Å²) < 4.78 is 0. The lowest BCUT2D eigenvalue weighted by Crippen LogP contribution is -2.50. The van der Waals surface area contributed by atoms with Crippen molar-refractivity contribution in [3.05, 3.63) is 0 Å². The van der Waals surface area contributed by atoms with Gasteiger partial charge in [-0.15, -0.1) is 0 Å². The van der Waals surface area contributed by atoms with Gasteiger partial charge in [-0.25, -0.2) is 0 Å². The van der Waals surface area contributed by atoms with E-state index in [1.807, 2.05) is 27.7 Å². The number of amides is 1. The quantitative estimate of drug-likeness (QED) is 0.744. The van der Waals surface area contributed by atoms with Crippen LogP contribution in [0.15, 0.2) is 0 Å². The SMILES string of the molecule is CC(NCC1CCC1)C(=O)NC(C)(C)C. The van der Waals surface area contributed by atoms with Crippen LogP contribution in [0.3, 0.4) is 0 Å². The zero-order chi connectivity index (χ0) is 11.5. The van der Waals surface area contributed by atoms with E-state index in [4.69, 9.17) is 0 Å². The van der Waals surface area contributed by atoms with Crippen LogP contribution >= 0.6 is 0 Å². The average Bonchev–Trinajstić information content (AvgIpc) is 1.97. The van der Waals surface area contributed by atoms with Gasteiger partial charge in [0, 0.05) is 5.54 Å². The molecule has 2 N–H and O–H groups in total. The van der Waals surface area contributed by atoms with E-state index in [9.17, 15) is 4.79 Å². The summed E-state index contributed by atoms with van der Waals surface area (Å²) in [5.74, 6) is 0.900. The van der Waals surface area contributed by atoms with E-state index in [2.05, 4.69) is 10.6 Å². The largest absolute Gasteiger partial charge is 0.350 e. The molecule has 1 aliphatic carbocycles. The molecule has 0 aromatic rings. The smallest absolute Gasteiger partial charge is 0.237 e. The maximum absolute atomic E-state index is 11.7. The van der Waals surface area contributed by atoms with Crippen LogP contribution in [0, 0.1) is 5.92 Å². The Kier molecular flexibility index (Phi) is 4.14. The Morgan fingerprint density at radius 3 is 2.40 bits per heavy atom. The highest BCUT2D eigenvalue weighted by molar-refractivity contribution is 5.81. The van der Waals surface area contributed by atoms with Crippen molar-refractivity contribution in [2.45, 2.75) is 58.5 Å². The van der Waals surface area contributed by atoms with Gasteiger partial charge in [-0.2, -0.15) is 0 Å². The van der Waals surface area contributed by atoms with Gasteiger partial charge in [0.2, 0.25) is 5.91 Å². The van der Waals surface area contributed by atoms with Gasteiger partial charge in [-0.05, 0) is 53.0 Å². The van der Waals surface area contributed by atoms with Crippen molar-refractivity contribution < 1.29 is 4.79 Å². The molecule has 15 heavy (non-hydrogen) atoms. The summed E-state index contributed by atoms with van der Waals surface area (Å²) in [5.41, 5.74) is -0.135. The number of nitrogens with one attached hydrogen (secondary N) is 2. The Labute approximate surface area is 93.0 Å². The fraction of sp³-hybridized carbons (Fsp3) is 0.917. The van der Waals surface area contributed by atoms with Crippen molar-refractivity contribution in [1.29, 1.82) is 0 Å². The van der Waals surface area contributed by atoms with Gasteiger partial charge in [0.05, 0.1) is 6.04 Å². The highest BCUT2D eigenvalue weighted by Gasteiger charge is 2.22. The van der Waals surface area contributed by atoms with E-state index in [-0.39, 0.29) is 17.5 Å². The van der Waals surface area contributed by atoms with Crippen molar-refractivity contribution in [2.75, 3.05) is 6.54 Å². The minimum Gasteiger partial charge on any atom is -0.350 e. The molecule has 1 atom stereocenters. The molecule has 0 radical (unpaired) electrons. The first-order chi connectivity index (χ1) is 6.88. The molecule has 1 aliphatic rings. The van der Waals surface area contributed by atoms with Crippen LogP contribution in [-0.4, -0.2) is 24.0 Å².